The van der Waals surface area contributed by atoms with E-state index in [1.165, 1.54) is 31.2 Å². The molecular formula is C16H20FNS. The monoisotopic (exact) mass is 277 g/mol. The average molecular weight is 277 g/mol. The number of hydrogen-bond donors (Lipinski definition) is 1. The smallest absolute Gasteiger partial charge is 0.137 e. The van der Waals surface area contributed by atoms with Crippen molar-refractivity contribution < 1.29 is 4.39 Å². The number of thioether (sulfide) groups is 1. The molecule has 1 N–H and O–H groups in total. The van der Waals surface area contributed by atoms with Crippen LogP contribution in [0, 0.1) is 17.7 Å². The maximum atomic E-state index is 13.9. The van der Waals surface area contributed by atoms with Crippen LogP contribution in [0.1, 0.15) is 43.7 Å². The van der Waals surface area contributed by atoms with Gasteiger partial charge in [0, 0.05) is 17.0 Å². The van der Waals surface area contributed by atoms with Crippen LogP contribution in [-0.2, 0) is 0 Å². The van der Waals surface area contributed by atoms with E-state index in [0.29, 0.717) is 12.1 Å². The lowest BCUT2D eigenvalue weighted by molar-refractivity contribution is 0.354. The Morgan fingerprint density at radius 3 is 2.53 bits per heavy atom. The first-order valence-electron chi connectivity index (χ1n) is 7.50. The first-order valence-corrected chi connectivity index (χ1v) is 8.49. The molecule has 3 heteroatoms. The summed E-state index contributed by atoms with van der Waals surface area (Å²) < 4.78 is 13.9. The van der Waals surface area contributed by atoms with Gasteiger partial charge in [-0.15, -0.1) is 11.8 Å². The Labute approximate surface area is 118 Å². The summed E-state index contributed by atoms with van der Waals surface area (Å²) in [6.45, 7) is 0. The molecule has 0 bridgehead atoms. The van der Waals surface area contributed by atoms with E-state index in [1.54, 1.807) is 17.8 Å². The van der Waals surface area contributed by atoms with E-state index >= 15 is 0 Å². The lowest BCUT2D eigenvalue weighted by Gasteiger charge is -2.30. The number of benzene rings is 1. The molecule has 0 aromatic heterocycles. The summed E-state index contributed by atoms with van der Waals surface area (Å²) in [6.07, 6.45) is 6.71. The van der Waals surface area contributed by atoms with Gasteiger partial charge in [0.25, 0.3) is 0 Å². The molecule has 102 valence electrons. The first-order chi connectivity index (χ1) is 9.33. The Balaban J connectivity index is 1.57. The molecular weight excluding hydrogens is 257 g/mol. The topological polar surface area (TPSA) is 12.0 Å². The van der Waals surface area contributed by atoms with Gasteiger partial charge in [-0.1, -0.05) is 12.1 Å². The van der Waals surface area contributed by atoms with E-state index in [2.05, 4.69) is 11.4 Å². The molecule has 2 fully saturated rings. The van der Waals surface area contributed by atoms with Crippen molar-refractivity contribution in [2.24, 2.45) is 11.8 Å². The van der Waals surface area contributed by atoms with Crippen LogP contribution in [0.5, 0.6) is 0 Å². The molecule has 1 atom stereocenters. The van der Waals surface area contributed by atoms with Gasteiger partial charge < -0.3 is 5.32 Å². The van der Waals surface area contributed by atoms with Gasteiger partial charge in [0.15, 0.2) is 0 Å². The Morgan fingerprint density at radius 2 is 1.84 bits per heavy atom. The Bertz CT molecular complexity index is 470. The summed E-state index contributed by atoms with van der Waals surface area (Å²) in [7, 11) is 0. The maximum Gasteiger partial charge on any atom is 0.137 e. The largest absolute Gasteiger partial charge is 0.307 e. The van der Waals surface area contributed by atoms with Crippen molar-refractivity contribution in [3.63, 3.8) is 0 Å². The van der Waals surface area contributed by atoms with Crippen LogP contribution in [0.2, 0.25) is 0 Å². The fraction of sp³-hybridized carbons (Fsp3) is 0.625. The third kappa shape index (κ3) is 2.43. The number of halogens is 1. The Hall–Kier alpha value is -0.540. The van der Waals surface area contributed by atoms with Gasteiger partial charge in [-0.05, 0) is 61.3 Å². The Morgan fingerprint density at radius 1 is 1.11 bits per heavy atom. The molecule has 0 saturated heterocycles. The van der Waals surface area contributed by atoms with Crippen molar-refractivity contribution in [1.82, 2.24) is 5.32 Å². The van der Waals surface area contributed by atoms with Crippen LogP contribution >= 0.6 is 11.8 Å². The second kappa shape index (κ2) is 4.78. The van der Waals surface area contributed by atoms with Gasteiger partial charge in [0.2, 0.25) is 0 Å². The molecule has 1 aliphatic heterocycles. The minimum atomic E-state index is -0.0385. The minimum absolute atomic E-state index is 0.0385. The van der Waals surface area contributed by atoms with Crippen LogP contribution < -0.4 is 5.32 Å². The van der Waals surface area contributed by atoms with Gasteiger partial charge in [0.05, 0.1) is 0 Å². The molecule has 1 aromatic rings. The lowest BCUT2D eigenvalue weighted by atomic mass is 9.99. The number of rotatable bonds is 4. The number of fused-ring (bicyclic) bond motifs is 1. The predicted molar refractivity (Wildman–Crippen MR) is 76.9 cm³/mol. The number of nitrogens with one attached hydrogen (secondary N) is 1. The molecule has 1 unspecified atom stereocenters. The predicted octanol–water partition coefficient (Wildman–Crippen LogP) is 4.14. The van der Waals surface area contributed by atoms with Gasteiger partial charge in [-0.2, -0.15) is 0 Å². The highest BCUT2D eigenvalue weighted by atomic mass is 32.2. The summed E-state index contributed by atoms with van der Waals surface area (Å²) in [5.41, 5.74) is 1.20. The normalized spacial score (nSPS) is 26.5. The molecule has 2 saturated carbocycles. The highest BCUT2D eigenvalue weighted by Crippen LogP contribution is 2.46. The van der Waals surface area contributed by atoms with Gasteiger partial charge in [0.1, 0.15) is 5.82 Å². The lowest BCUT2D eigenvalue weighted by Crippen LogP contribution is -2.37. The van der Waals surface area contributed by atoms with E-state index in [1.807, 2.05) is 6.07 Å². The van der Waals surface area contributed by atoms with Crippen molar-refractivity contribution in [3.8, 4) is 0 Å². The second-order valence-corrected chi connectivity index (χ2v) is 7.32. The molecule has 0 spiro atoms. The van der Waals surface area contributed by atoms with Crippen LogP contribution in [0.4, 0.5) is 4.39 Å². The van der Waals surface area contributed by atoms with Crippen molar-refractivity contribution in [2.75, 3.05) is 5.75 Å². The summed E-state index contributed by atoms with van der Waals surface area (Å²) in [5.74, 6) is 2.80. The molecule has 4 rings (SSSR count). The van der Waals surface area contributed by atoms with Crippen LogP contribution in [0.15, 0.2) is 23.1 Å². The molecule has 1 nitrogen and oxygen atoms in total. The zero-order valence-corrected chi connectivity index (χ0v) is 11.9. The summed E-state index contributed by atoms with van der Waals surface area (Å²) >= 11 is 1.68. The third-order valence-electron chi connectivity index (χ3n) is 4.68. The molecule has 2 aliphatic carbocycles. The van der Waals surface area contributed by atoms with E-state index in [9.17, 15) is 4.39 Å². The highest BCUT2D eigenvalue weighted by molar-refractivity contribution is 7.99. The summed E-state index contributed by atoms with van der Waals surface area (Å²) in [4.78, 5) is 0.886. The molecule has 1 heterocycles. The summed E-state index contributed by atoms with van der Waals surface area (Å²) in [5, 5.41) is 3.88. The van der Waals surface area contributed by atoms with Crippen LogP contribution in [0.3, 0.4) is 0 Å². The highest BCUT2D eigenvalue weighted by Gasteiger charge is 2.42. The van der Waals surface area contributed by atoms with Crippen LogP contribution in [0.25, 0.3) is 0 Å². The number of hydrogen-bond acceptors (Lipinski definition) is 2. The molecule has 0 amide bonds. The van der Waals surface area contributed by atoms with Crippen molar-refractivity contribution >= 4 is 11.8 Å². The van der Waals surface area contributed by atoms with E-state index in [-0.39, 0.29) is 5.82 Å². The van der Waals surface area contributed by atoms with Crippen molar-refractivity contribution in [2.45, 2.75) is 49.1 Å². The van der Waals surface area contributed by atoms with E-state index in [4.69, 9.17) is 0 Å². The molecule has 0 radical (unpaired) electrons. The first kappa shape index (κ1) is 12.2. The fourth-order valence-electron chi connectivity index (χ4n) is 3.36. The zero-order chi connectivity index (χ0) is 12.8. The Kier molecular flexibility index (Phi) is 3.07. The maximum absolute atomic E-state index is 13.9. The van der Waals surface area contributed by atoms with Crippen molar-refractivity contribution in [3.05, 3.63) is 29.6 Å². The quantitative estimate of drug-likeness (QED) is 0.887. The second-order valence-electron chi connectivity index (χ2n) is 6.22. The van der Waals surface area contributed by atoms with Gasteiger partial charge in [-0.3, -0.25) is 0 Å². The van der Waals surface area contributed by atoms with E-state index in [0.717, 1.165) is 28.9 Å². The zero-order valence-electron chi connectivity index (χ0n) is 11.1. The summed E-state index contributed by atoms with van der Waals surface area (Å²) in [6, 6.07) is 6.63. The third-order valence-corrected chi connectivity index (χ3v) is 5.84. The molecule has 3 aliphatic rings. The molecule has 19 heavy (non-hydrogen) atoms. The van der Waals surface area contributed by atoms with Crippen LogP contribution in [-0.4, -0.2) is 11.8 Å². The van der Waals surface area contributed by atoms with E-state index < -0.39 is 0 Å². The SMILES string of the molecule is Fc1cccc2c1SCCC2NC(C1CC1)C1CC1. The van der Waals surface area contributed by atoms with Gasteiger partial charge in [-0.25, -0.2) is 4.39 Å². The van der Waals surface area contributed by atoms with Gasteiger partial charge >= 0.3 is 0 Å². The minimum Gasteiger partial charge on any atom is -0.307 e. The fourth-order valence-corrected chi connectivity index (χ4v) is 4.50. The standard InChI is InChI=1S/C16H20FNS/c17-13-3-1-2-12-14(8-9-19-16(12)13)18-15(10-4-5-10)11-6-7-11/h1-3,10-11,14-15,18H,4-9H2. The van der Waals surface area contributed by atoms with Crippen molar-refractivity contribution in [1.29, 1.82) is 0 Å². The molecule has 1 aromatic carbocycles. The average Bonchev–Trinajstić information content (AvgIpc) is 3.28.